The third-order valence-electron chi connectivity index (χ3n) is 3.66. The SMILES string of the molecule is COc1ccc(/C=C2\SC(=S)N(c3ccc(C(=O)O)c([O-])c3)C2=O)cc1. The fraction of sp³-hybridized carbons (Fsp3) is 0.0556. The lowest BCUT2D eigenvalue weighted by Gasteiger charge is -2.18. The summed E-state index contributed by atoms with van der Waals surface area (Å²) in [6.07, 6.45) is 1.70. The lowest BCUT2D eigenvalue weighted by Crippen LogP contribution is -2.27. The Hall–Kier alpha value is -2.84. The summed E-state index contributed by atoms with van der Waals surface area (Å²) in [6, 6.07) is 10.8. The molecule has 0 unspecified atom stereocenters. The molecule has 8 heteroatoms. The molecule has 0 aromatic heterocycles. The number of thioether (sulfide) groups is 1. The summed E-state index contributed by atoms with van der Waals surface area (Å²) in [5, 5.41) is 20.8. The number of ether oxygens (including phenoxy) is 1. The van der Waals surface area contributed by atoms with Gasteiger partial charge in [-0.1, -0.05) is 41.9 Å². The van der Waals surface area contributed by atoms with Gasteiger partial charge in [-0.05, 0) is 42.0 Å². The highest BCUT2D eigenvalue weighted by Crippen LogP contribution is 2.37. The second-order valence-corrected chi connectivity index (χ2v) is 6.95. The number of carbonyl (C=O) groups excluding carboxylic acids is 1. The minimum absolute atomic E-state index is 0.251. The molecule has 3 rings (SSSR count). The Morgan fingerprint density at radius 3 is 2.54 bits per heavy atom. The number of nitrogens with zero attached hydrogens (tertiary/aromatic N) is 1. The van der Waals surface area contributed by atoms with Crippen molar-refractivity contribution in [2.24, 2.45) is 0 Å². The van der Waals surface area contributed by atoms with Crippen molar-refractivity contribution in [2.45, 2.75) is 0 Å². The molecule has 0 radical (unpaired) electrons. The number of aromatic carboxylic acids is 1. The number of thiocarbonyl (C=S) groups is 1. The molecule has 0 saturated carbocycles. The van der Waals surface area contributed by atoms with E-state index in [1.165, 1.54) is 17.0 Å². The number of hydrogen-bond acceptors (Lipinski definition) is 6. The number of carbonyl (C=O) groups is 2. The summed E-state index contributed by atoms with van der Waals surface area (Å²) in [7, 11) is 1.57. The van der Waals surface area contributed by atoms with Crippen LogP contribution in [0.15, 0.2) is 47.4 Å². The van der Waals surface area contributed by atoms with Gasteiger partial charge in [-0.15, -0.1) is 0 Å². The number of carboxylic acids is 1. The van der Waals surface area contributed by atoms with Gasteiger partial charge < -0.3 is 14.9 Å². The lowest BCUT2D eigenvalue weighted by molar-refractivity contribution is -0.268. The van der Waals surface area contributed by atoms with E-state index in [2.05, 4.69) is 0 Å². The number of rotatable bonds is 4. The second-order valence-electron chi connectivity index (χ2n) is 5.28. The van der Waals surface area contributed by atoms with Crippen molar-refractivity contribution < 1.29 is 24.5 Å². The summed E-state index contributed by atoms with van der Waals surface area (Å²) < 4.78 is 5.37. The average Bonchev–Trinajstić information content (AvgIpc) is 2.88. The van der Waals surface area contributed by atoms with E-state index >= 15 is 0 Å². The van der Waals surface area contributed by atoms with Crippen LogP contribution in [-0.2, 0) is 4.79 Å². The van der Waals surface area contributed by atoms with Gasteiger partial charge in [0.05, 0.1) is 23.3 Å². The predicted octanol–water partition coefficient (Wildman–Crippen LogP) is 2.87. The van der Waals surface area contributed by atoms with Gasteiger partial charge >= 0.3 is 5.97 Å². The summed E-state index contributed by atoms with van der Waals surface area (Å²) in [5.41, 5.74) is 0.700. The predicted molar refractivity (Wildman–Crippen MR) is 101 cm³/mol. The van der Waals surface area contributed by atoms with Crippen LogP contribution in [0.2, 0.25) is 0 Å². The molecule has 132 valence electrons. The normalized spacial score (nSPS) is 15.6. The van der Waals surface area contributed by atoms with Crippen molar-refractivity contribution in [3.63, 3.8) is 0 Å². The molecule has 0 spiro atoms. The third-order valence-corrected chi connectivity index (χ3v) is 4.96. The number of benzene rings is 2. The van der Waals surface area contributed by atoms with Crippen LogP contribution in [-0.4, -0.2) is 28.4 Å². The Morgan fingerprint density at radius 1 is 1.27 bits per heavy atom. The maximum absolute atomic E-state index is 12.7. The zero-order chi connectivity index (χ0) is 18.8. The van der Waals surface area contributed by atoms with Gasteiger partial charge in [-0.2, -0.15) is 0 Å². The fourth-order valence-electron chi connectivity index (χ4n) is 2.37. The third kappa shape index (κ3) is 3.42. The van der Waals surface area contributed by atoms with Crippen LogP contribution in [0, 0.1) is 0 Å². The van der Waals surface area contributed by atoms with E-state index in [0.717, 1.165) is 23.4 Å². The molecule has 1 amide bonds. The second kappa shape index (κ2) is 7.19. The molecule has 0 atom stereocenters. The van der Waals surface area contributed by atoms with Crippen LogP contribution >= 0.6 is 24.0 Å². The van der Waals surface area contributed by atoms with Crippen LogP contribution in [0.1, 0.15) is 15.9 Å². The average molecular weight is 386 g/mol. The Labute approximate surface area is 158 Å². The van der Waals surface area contributed by atoms with E-state index in [4.69, 9.17) is 22.1 Å². The molecular formula is C18H12NO5S2-. The van der Waals surface area contributed by atoms with Crippen molar-refractivity contribution in [1.82, 2.24) is 0 Å². The molecule has 1 N–H and O–H groups in total. The van der Waals surface area contributed by atoms with Crippen LogP contribution in [0.5, 0.6) is 11.5 Å². The molecule has 1 fully saturated rings. The largest absolute Gasteiger partial charge is 0.872 e. The van der Waals surface area contributed by atoms with Gasteiger partial charge in [-0.25, -0.2) is 4.79 Å². The molecule has 2 aromatic rings. The summed E-state index contributed by atoms with van der Waals surface area (Å²) in [6.45, 7) is 0. The maximum Gasteiger partial charge on any atom is 0.335 e. The zero-order valence-corrected chi connectivity index (χ0v) is 15.1. The van der Waals surface area contributed by atoms with Crippen LogP contribution in [0.4, 0.5) is 5.69 Å². The number of amides is 1. The van der Waals surface area contributed by atoms with Gasteiger partial charge in [0.1, 0.15) is 5.75 Å². The first-order valence-corrected chi connectivity index (χ1v) is 8.59. The van der Waals surface area contributed by atoms with Gasteiger partial charge in [0, 0.05) is 0 Å². The topological polar surface area (TPSA) is 89.9 Å². The van der Waals surface area contributed by atoms with E-state index in [-0.39, 0.29) is 21.5 Å². The Bertz CT molecular complexity index is 937. The molecular weight excluding hydrogens is 374 g/mol. The Balaban J connectivity index is 1.90. The number of methoxy groups -OCH3 is 1. The van der Waals surface area contributed by atoms with E-state index in [0.29, 0.717) is 10.7 Å². The lowest BCUT2D eigenvalue weighted by atomic mass is 10.1. The molecule has 0 aliphatic carbocycles. The number of carboxylic acid groups (broad SMARTS) is 1. The first kappa shape index (κ1) is 18.0. The highest BCUT2D eigenvalue weighted by Gasteiger charge is 2.33. The quantitative estimate of drug-likeness (QED) is 0.638. The summed E-state index contributed by atoms with van der Waals surface area (Å²) >= 11 is 6.37. The first-order chi connectivity index (χ1) is 12.4. The molecule has 0 bridgehead atoms. The molecule has 6 nitrogen and oxygen atoms in total. The fourth-order valence-corrected chi connectivity index (χ4v) is 3.67. The van der Waals surface area contributed by atoms with Crippen molar-refractivity contribution in [3.05, 3.63) is 58.5 Å². The number of hydrogen-bond donors (Lipinski definition) is 1. The smallest absolute Gasteiger partial charge is 0.335 e. The van der Waals surface area contributed by atoms with Crippen LogP contribution in [0.3, 0.4) is 0 Å². The first-order valence-electron chi connectivity index (χ1n) is 7.37. The highest BCUT2D eigenvalue weighted by molar-refractivity contribution is 8.27. The van der Waals surface area contributed by atoms with Crippen molar-refractivity contribution in [2.75, 3.05) is 12.0 Å². The monoisotopic (exact) mass is 386 g/mol. The van der Waals surface area contributed by atoms with E-state index in [9.17, 15) is 14.7 Å². The highest BCUT2D eigenvalue weighted by atomic mass is 32.2. The van der Waals surface area contributed by atoms with E-state index in [1.54, 1.807) is 25.3 Å². The van der Waals surface area contributed by atoms with Crippen LogP contribution in [0.25, 0.3) is 6.08 Å². The summed E-state index contributed by atoms with van der Waals surface area (Å²) in [4.78, 5) is 25.3. The van der Waals surface area contributed by atoms with Gasteiger partial charge in [-0.3, -0.25) is 9.69 Å². The summed E-state index contributed by atoms with van der Waals surface area (Å²) in [5.74, 6) is -1.65. The minimum atomic E-state index is -1.31. The Kier molecular flexibility index (Phi) is 4.97. The van der Waals surface area contributed by atoms with Crippen molar-refractivity contribution >= 4 is 51.9 Å². The van der Waals surface area contributed by atoms with Gasteiger partial charge in [0.15, 0.2) is 4.32 Å². The molecule has 2 aromatic carbocycles. The van der Waals surface area contributed by atoms with Crippen molar-refractivity contribution in [3.8, 4) is 11.5 Å². The Morgan fingerprint density at radius 2 is 1.96 bits per heavy atom. The van der Waals surface area contributed by atoms with Crippen molar-refractivity contribution in [1.29, 1.82) is 0 Å². The van der Waals surface area contributed by atoms with Crippen LogP contribution < -0.4 is 14.7 Å². The maximum atomic E-state index is 12.7. The molecule has 1 saturated heterocycles. The zero-order valence-electron chi connectivity index (χ0n) is 13.5. The molecule has 1 heterocycles. The molecule has 1 aliphatic heterocycles. The molecule has 26 heavy (non-hydrogen) atoms. The standard InChI is InChI=1S/C18H13NO5S2/c1-24-12-5-2-10(3-6-12)8-15-16(21)19(18(25)26-15)11-4-7-13(17(22)23)14(20)9-11/h2-9,20H,1H3,(H,22,23)/p-1/b15-8-. The number of anilines is 1. The van der Waals surface area contributed by atoms with E-state index in [1.807, 2.05) is 12.1 Å². The van der Waals surface area contributed by atoms with E-state index < -0.39 is 11.7 Å². The van der Waals surface area contributed by atoms with Gasteiger partial charge in [0.25, 0.3) is 5.91 Å². The minimum Gasteiger partial charge on any atom is -0.872 e. The molecule has 1 aliphatic rings. The van der Waals surface area contributed by atoms with Gasteiger partial charge in [0.2, 0.25) is 0 Å².